The van der Waals surface area contributed by atoms with E-state index in [0.717, 1.165) is 58.0 Å². The molecule has 1 aliphatic carbocycles. The van der Waals surface area contributed by atoms with Gasteiger partial charge in [-0.2, -0.15) is 0 Å². The molecule has 6 heteroatoms. The molecule has 1 heterocycles. The molecular formula is C14H28N2O3S. The van der Waals surface area contributed by atoms with Gasteiger partial charge in [-0.3, -0.25) is 0 Å². The first-order valence-corrected chi connectivity index (χ1v) is 9.61. The van der Waals surface area contributed by atoms with E-state index in [1.807, 2.05) is 0 Å². The Morgan fingerprint density at radius 1 is 1.05 bits per heavy atom. The Labute approximate surface area is 122 Å². The van der Waals surface area contributed by atoms with E-state index < -0.39 is 16.1 Å². The smallest absolute Gasteiger partial charge is 0.211 e. The summed E-state index contributed by atoms with van der Waals surface area (Å²) in [5.74, 6) is 0.716. The largest absolute Gasteiger partial charge is 0.391 e. The van der Waals surface area contributed by atoms with Crippen molar-refractivity contribution in [1.29, 1.82) is 0 Å². The zero-order valence-electron chi connectivity index (χ0n) is 12.2. The molecular weight excluding hydrogens is 276 g/mol. The highest BCUT2D eigenvalue weighted by molar-refractivity contribution is 7.89. The van der Waals surface area contributed by atoms with Gasteiger partial charge in [0, 0.05) is 6.04 Å². The van der Waals surface area contributed by atoms with Gasteiger partial charge in [0.05, 0.1) is 11.9 Å². The molecule has 3 N–H and O–H groups in total. The molecule has 1 aliphatic heterocycles. The quantitative estimate of drug-likeness (QED) is 0.662. The average molecular weight is 304 g/mol. The van der Waals surface area contributed by atoms with Crippen LogP contribution in [0.2, 0.25) is 0 Å². The number of piperidine rings is 1. The van der Waals surface area contributed by atoms with E-state index in [2.05, 4.69) is 10.0 Å². The maximum Gasteiger partial charge on any atom is 0.211 e. The van der Waals surface area contributed by atoms with Crippen LogP contribution in [0.1, 0.15) is 51.4 Å². The van der Waals surface area contributed by atoms with Crippen LogP contribution in [0.25, 0.3) is 0 Å². The molecule has 0 aromatic carbocycles. The zero-order chi connectivity index (χ0) is 14.4. The second-order valence-corrected chi connectivity index (χ2v) is 8.10. The number of nitrogens with one attached hydrogen (secondary N) is 2. The molecule has 0 radical (unpaired) electrons. The van der Waals surface area contributed by atoms with E-state index in [4.69, 9.17) is 0 Å². The van der Waals surface area contributed by atoms with E-state index >= 15 is 0 Å². The molecule has 1 saturated heterocycles. The fourth-order valence-corrected chi connectivity index (χ4v) is 4.70. The first-order chi connectivity index (χ1) is 9.57. The van der Waals surface area contributed by atoms with Crippen molar-refractivity contribution < 1.29 is 13.5 Å². The molecule has 2 atom stereocenters. The molecule has 5 nitrogen and oxygen atoms in total. The summed E-state index contributed by atoms with van der Waals surface area (Å²) in [6.45, 7) is 2.00. The minimum Gasteiger partial charge on any atom is -0.391 e. The first kappa shape index (κ1) is 16.2. The molecule has 1 saturated carbocycles. The third kappa shape index (κ3) is 5.31. The van der Waals surface area contributed by atoms with Crippen LogP contribution in [0, 0.1) is 5.92 Å². The van der Waals surface area contributed by atoms with Gasteiger partial charge >= 0.3 is 0 Å². The molecule has 0 aromatic rings. The Bertz CT molecular complexity index is 380. The van der Waals surface area contributed by atoms with Crippen molar-refractivity contribution in [1.82, 2.24) is 10.0 Å². The predicted octanol–water partition coefficient (Wildman–Crippen LogP) is 0.989. The van der Waals surface area contributed by atoms with Crippen molar-refractivity contribution in [3.63, 3.8) is 0 Å². The Morgan fingerprint density at radius 3 is 2.50 bits per heavy atom. The van der Waals surface area contributed by atoms with Crippen molar-refractivity contribution in [3.05, 3.63) is 0 Å². The van der Waals surface area contributed by atoms with Crippen LogP contribution in [0.15, 0.2) is 0 Å². The van der Waals surface area contributed by atoms with Gasteiger partial charge in [-0.15, -0.1) is 0 Å². The Kier molecular flexibility index (Phi) is 6.26. The lowest BCUT2D eigenvalue weighted by Gasteiger charge is -2.24. The number of rotatable bonds is 5. The van der Waals surface area contributed by atoms with Crippen molar-refractivity contribution in [2.75, 3.05) is 18.8 Å². The molecule has 118 valence electrons. The molecule has 0 amide bonds. The second kappa shape index (κ2) is 7.73. The topological polar surface area (TPSA) is 78.4 Å². The lowest BCUT2D eigenvalue weighted by molar-refractivity contribution is 0.130. The van der Waals surface area contributed by atoms with E-state index in [1.54, 1.807) is 0 Å². The number of hydrogen-bond donors (Lipinski definition) is 3. The van der Waals surface area contributed by atoms with Gasteiger partial charge in [-0.1, -0.05) is 19.3 Å². The summed E-state index contributed by atoms with van der Waals surface area (Å²) < 4.78 is 27.1. The molecule has 2 fully saturated rings. The summed E-state index contributed by atoms with van der Waals surface area (Å²) in [5, 5.41) is 13.3. The summed E-state index contributed by atoms with van der Waals surface area (Å²) in [5.41, 5.74) is 0. The SMILES string of the molecule is O=S(=O)(CCC1CCNCC1)NC1CCCCCC1O. The highest BCUT2D eigenvalue weighted by Crippen LogP contribution is 2.20. The number of hydrogen-bond acceptors (Lipinski definition) is 4. The van der Waals surface area contributed by atoms with Crippen LogP contribution in [-0.2, 0) is 10.0 Å². The summed E-state index contributed by atoms with van der Waals surface area (Å²) >= 11 is 0. The maximum absolute atomic E-state index is 12.2. The highest BCUT2D eigenvalue weighted by Gasteiger charge is 2.26. The number of aliphatic hydroxyl groups is 1. The van der Waals surface area contributed by atoms with Gasteiger partial charge in [0.1, 0.15) is 0 Å². The van der Waals surface area contributed by atoms with Crippen molar-refractivity contribution in [2.45, 2.75) is 63.5 Å². The lowest BCUT2D eigenvalue weighted by Crippen LogP contribution is -2.43. The Balaban J connectivity index is 1.79. The lowest BCUT2D eigenvalue weighted by atomic mass is 9.96. The molecule has 0 spiro atoms. The predicted molar refractivity (Wildman–Crippen MR) is 80.0 cm³/mol. The fourth-order valence-electron chi connectivity index (χ4n) is 3.21. The highest BCUT2D eigenvalue weighted by atomic mass is 32.2. The van der Waals surface area contributed by atoms with Crippen LogP contribution in [0.3, 0.4) is 0 Å². The van der Waals surface area contributed by atoms with E-state index in [0.29, 0.717) is 12.3 Å². The van der Waals surface area contributed by atoms with Gasteiger partial charge in [0.25, 0.3) is 0 Å². The fraction of sp³-hybridized carbons (Fsp3) is 1.00. The van der Waals surface area contributed by atoms with Crippen LogP contribution in [0.4, 0.5) is 0 Å². The molecule has 2 rings (SSSR count). The van der Waals surface area contributed by atoms with Gasteiger partial charge in [-0.05, 0) is 51.1 Å². The van der Waals surface area contributed by atoms with Crippen LogP contribution < -0.4 is 10.0 Å². The summed E-state index contributed by atoms with van der Waals surface area (Å²) in [6, 6.07) is -0.282. The van der Waals surface area contributed by atoms with Gasteiger partial charge < -0.3 is 10.4 Å². The minimum atomic E-state index is -3.26. The van der Waals surface area contributed by atoms with E-state index in [-0.39, 0.29) is 11.8 Å². The van der Waals surface area contributed by atoms with Gasteiger partial charge in [0.2, 0.25) is 10.0 Å². The first-order valence-electron chi connectivity index (χ1n) is 7.95. The van der Waals surface area contributed by atoms with Crippen molar-refractivity contribution in [2.24, 2.45) is 5.92 Å². The Hall–Kier alpha value is -0.170. The molecule has 2 aliphatic rings. The monoisotopic (exact) mass is 304 g/mol. The third-order valence-corrected chi connectivity index (χ3v) is 6.00. The Morgan fingerprint density at radius 2 is 1.75 bits per heavy atom. The minimum absolute atomic E-state index is 0.195. The molecule has 20 heavy (non-hydrogen) atoms. The molecule has 0 bridgehead atoms. The normalized spacial score (nSPS) is 30.1. The average Bonchev–Trinajstić information content (AvgIpc) is 2.63. The summed E-state index contributed by atoms with van der Waals surface area (Å²) in [6.07, 6.45) is 6.90. The maximum atomic E-state index is 12.2. The van der Waals surface area contributed by atoms with Gasteiger partial charge in [-0.25, -0.2) is 13.1 Å². The standard InChI is InChI=1S/C14H28N2O3S/c17-14-5-3-1-2-4-13(14)16-20(18,19)11-8-12-6-9-15-10-7-12/h12-17H,1-11H2. The van der Waals surface area contributed by atoms with E-state index in [1.165, 1.54) is 0 Å². The molecule has 2 unspecified atom stereocenters. The van der Waals surface area contributed by atoms with Crippen molar-refractivity contribution >= 4 is 10.0 Å². The van der Waals surface area contributed by atoms with Crippen LogP contribution in [-0.4, -0.2) is 44.5 Å². The summed E-state index contributed by atoms with van der Waals surface area (Å²) in [7, 11) is -3.26. The van der Waals surface area contributed by atoms with Gasteiger partial charge in [0.15, 0.2) is 0 Å². The zero-order valence-corrected chi connectivity index (χ0v) is 13.0. The molecule has 0 aromatic heterocycles. The van der Waals surface area contributed by atoms with Crippen LogP contribution in [0.5, 0.6) is 0 Å². The third-order valence-electron chi connectivity index (χ3n) is 4.56. The number of sulfonamides is 1. The van der Waals surface area contributed by atoms with Crippen molar-refractivity contribution in [3.8, 4) is 0 Å². The summed E-state index contributed by atoms with van der Waals surface area (Å²) in [4.78, 5) is 0. The second-order valence-electron chi connectivity index (χ2n) is 6.23. The van der Waals surface area contributed by atoms with E-state index in [9.17, 15) is 13.5 Å². The van der Waals surface area contributed by atoms with Crippen LogP contribution >= 0.6 is 0 Å². The number of aliphatic hydroxyl groups excluding tert-OH is 1.